The van der Waals surface area contributed by atoms with Gasteiger partial charge in [0.15, 0.2) is 18.1 Å². The predicted molar refractivity (Wildman–Crippen MR) is 136 cm³/mol. The Morgan fingerprint density at radius 1 is 0.886 bits per heavy atom. The fraction of sp³-hybridized carbons (Fsp3) is 0.222. The first-order valence-electron chi connectivity index (χ1n) is 11.3. The monoisotopic (exact) mass is 475 g/mol. The van der Waals surface area contributed by atoms with E-state index in [-0.39, 0.29) is 18.4 Å². The summed E-state index contributed by atoms with van der Waals surface area (Å²) in [6.07, 6.45) is 1.50. The quantitative estimate of drug-likeness (QED) is 0.313. The van der Waals surface area contributed by atoms with Gasteiger partial charge in [-0.25, -0.2) is 5.43 Å². The summed E-state index contributed by atoms with van der Waals surface area (Å²) in [5.74, 6) is 0.947. The number of anilines is 1. The number of hydrogen-bond acceptors (Lipinski definition) is 6. The SMILES string of the molecule is CCOc1ccc(C(=O)N/N=C/c2cccc(OCC(=O)Nc3cccc(C)c3)c2)cc1OCC. The zero-order valence-corrected chi connectivity index (χ0v) is 20.0. The van der Waals surface area contributed by atoms with Crippen LogP contribution in [-0.4, -0.2) is 37.8 Å². The van der Waals surface area contributed by atoms with Crippen LogP contribution in [0.5, 0.6) is 17.2 Å². The van der Waals surface area contributed by atoms with Crippen LogP contribution < -0.4 is 25.0 Å². The minimum atomic E-state index is -0.384. The number of nitrogens with zero attached hydrogens (tertiary/aromatic N) is 1. The lowest BCUT2D eigenvalue weighted by Crippen LogP contribution is -2.20. The van der Waals surface area contributed by atoms with Gasteiger partial charge in [0.1, 0.15) is 5.75 Å². The lowest BCUT2D eigenvalue weighted by atomic mass is 10.2. The molecule has 0 saturated heterocycles. The summed E-state index contributed by atoms with van der Waals surface area (Å²) in [5.41, 5.74) is 5.37. The van der Waals surface area contributed by atoms with Gasteiger partial charge in [-0.05, 0) is 74.4 Å². The maximum Gasteiger partial charge on any atom is 0.271 e. The van der Waals surface area contributed by atoms with E-state index in [1.807, 2.05) is 45.0 Å². The Labute approximate surface area is 204 Å². The second kappa shape index (κ2) is 12.8. The van der Waals surface area contributed by atoms with Gasteiger partial charge in [-0.15, -0.1) is 0 Å². The molecule has 0 aromatic heterocycles. The summed E-state index contributed by atoms with van der Waals surface area (Å²) in [7, 11) is 0. The van der Waals surface area contributed by atoms with Gasteiger partial charge in [0.05, 0.1) is 19.4 Å². The topological polar surface area (TPSA) is 98.3 Å². The van der Waals surface area contributed by atoms with E-state index in [0.29, 0.717) is 41.6 Å². The maximum absolute atomic E-state index is 12.5. The summed E-state index contributed by atoms with van der Waals surface area (Å²) in [6, 6.07) is 19.5. The van der Waals surface area contributed by atoms with Gasteiger partial charge in [0.25, 0.3) is 11.8 Å². The average molecular weight is 476 g/mol. The lowest BCUT2D eigenvalue weighted by molar-refractivity contribution is -0.118. The molecule has 0 aliphatic rings. The highest BCUT2D eigenvalue weighted by atomic mass is 16.5. The molecule has 3 aromatic rings. The zero-order valence-electron chi connectivity index (χ0n) is 20.0. The molecule has 8 heteroatoms. The molecule has 0 heterocycles. The molecule has 2 amide bonds. The molecule has 0 unspecified atom stereocenters. The highest BCUT2D eigenvalue weighted by Crippen LogP contribution is 2.28. The number of benzene rings is 3. The number of rotatable bonds is 11. The zero-order chi connectivity index (χ0) is 25.0. The first-order chi connectivity index (χ1) is 17.0. The number of ether oxygens (including phenoxy) is 3. The lowest BCUT2D eigenvalue weighted by Gasteiger charge is -2.11. The first-order valence-corrected chi connectivity index (χ1v) is 11.3. The van der Waals surface area contributed by atoms with Gasteiger partial charge in [-0.3, -0.25) is 9.59 Å². The van der Waals surface area contributed by atoms with Crippen LogP contribution in [0.25, 0.3) is 0 Å². The fourth-order valence-electron chi connectivity index (χ4n) is 3.18. The molecule has 0 fully saturated rings. The normalized spacial score (nSPS) is 10.6. The smallest absolute Gasteiger partial charge is 0.271 e. The number of aryl methyl sites for hydroxylation is 1. The highest BCUT2D eigenvalue weighted by Gasteiger charge is 2.11. The van der Waals surface area contributed by atoms with Crippen LogP contribution in [0.4, 0.5) is 5.69 Å². The third-order valence-corrected chi connectivity index (χ3v) is 4.72. The maximum atomic E-state index is 12.5. The van der Waals surface area contributed by atoms with Crippen molar-refractivity contribution in [3.05, 3.63) is 83.4 Å². The number of nitrogens with one attached hydrogen (secondary N) is 2. The Morgan fingerprint density at radius 3 is 2.43 bits per heavy atom. The molecule has 0 aliphatic carbocycles. The van der Waals surface area contributed by atoms with E-state index in [1.165, 1.54) is 6.21 Å². The van der Waals surface area contributed by atoms with Crippen molar-refractivity contribution in [2.75, 3.05) is 25.1 Å². The van der Waals surface area contributed by atoms with Crippen molar-refractivity contribution in [1.29, 1.82) is 0 Å². The summed E-state index contributed by atoms with van der Waals surface area (Å²) in [4.78, 5) is 24.6. The summed E-state index contributed by atoms with van der Waals surface area (Å²) in [6.45, 7) is 6.51. The Morgan fingerprint density at radius 2 is 1.66 bits per heavy atom. The molecule has 2 N–H and O–H groups in total. The van der Waals surface area contributed by atoms with Gasteiger partial charge in [-0.2, -0.15) is 5.10 Å². The third-order valence-electron chi connectivity index (χ3n) is 4.72. The van der Waals surface area contributed by atoms with Crippen molar-refractivity contribution >= 4 is 23.7 Å². The number of amides is 2. The highest BCUT2D eigenvalue weighted by molar-refractivity contribution is 5.95. The Balaban J connectivity index is 1.54. The van der Waals surface area contributed by atoms with E-state index in [9.17, 15) is 9.59 Å². The molecule has 0 saturated carbocycles. The number of carbonyl (C=O) groups is 2. The van der Waals surface area contributed by atoms with E-state index in [1.54, 1.807) is 42.5 Å². The van der Waals surface area contributed by atoms with Crippen LogP contribution in [0.15, 0.2) is 71.8 Å². The molecule has 35 heavy (non-hydrogen) atoms. The number of hydrazone groups is 1. The Hall–Kier alpha value is -4.33. The van der Waals surface area contributed by atoms with Crippen molar-refractivity contribution in [2.24, 2.45) is 5.10 Å². The van der Waals surface area contributed by atoms with Crippen LogP contribution in [0.2, 0.25) is 0 Å². The number of carbonyl (C=O) groups excluding carboxylic acids is 2. The second-order valence-electron chi connectivity index (χ2n) is 7.51. The minimum absolute atomic E-state index is 0.134. The van der Waals surface area contributed by atoms with Crippen molar-refractivity contribution in [3.8, 4) is 17.2 Å². The largest absolute Gasteiger partial charge is 0.490 e. The van der Waals surface area contributed by atoms with E-state index < -0.39 is 0 Å². The third kappa shape index (κ3) is 7.89. The molecule has 0 aliphatic heterocycles. The van der Waals surface area contributed by atoms with Gasteiger partial charge in [-0.1, -0.05) is 24.3 Å². The van der Waals surface area contributed by atoms with E-state index in [2.05, 4.69) is 15.8 Å². The Kier molecular flexibility index (Phi) is 9.24. The van der Waals surface area contributed by atoms with Crippen molar-refractivity contribution < 1.29 is 23.8 Å². The Bertz CT molecular complexity index is 1190. The molecular formula is C27H29N3O5. The van der Waals surface area contributed by atoms with Crippen LogP contribution in [0.1, 0.15) is 35.3 Å². The summed E-state index contributed by atoms with van der Waals surface area (Å²) >= 11 is 0. The molecule has 0 bridgehead atoms. The molecule has 0 spiro atoms. The molecule has 3 aromatic carbocycles. The summed E-state index contributed by atoms with van der Waals surface area (Å²) < 4.78 is 16.7. The minimum Gasteiger partial charge on any atom is -0.490 e. The van der Waals surface area contributed by atoms with Crippen molar-refractivity contribution in [3.63, 3.8) is 0 Å². The van der Waals surface area contributed by atoms with Crippen LogP contribution in [0.3, 0.4) is 0 Å². The molecule has 0 atom stereocenters. The van der Waals surface area contributed by atoms with Gasteiger partial charge in [0.2, 0.25) is 0 Å². The predicted octanol–water partition coefficient (Wildman–Crippen LogP) is 4.57. The van der Waals surface area contributed by atoms with Crippen LogP contribution >= 0.6 is 0 Å². The standard InChI is InChI=1S/C27H29N3O5/c1-4-33-24-13-12-21(16-25(24)34-5-2)27(32)30-28-17-20-9-7-11-23(15-20)35-18-26(31)29-22-10-6-8-19(3)14-22/h6-17H,4-5,18H2,1-3H3,(H,29,31)(H,30,32)/b28-17+. The van der Waals surface area contributed by atoms with E-state index >= 15 is 0 Å². The molecule has 182 valence electrons. The van der Waals surface area contributed by atoms with Crippen LogP contribution in [-0.2, 0) is 4.79 Å². The molecule has 0 radical (unpaired) electrons. The van der Waals surface area contributed by atoms with Gasteiger partial charge >= 0.3 is 0 Å². The average Bonchev–Trinajstić information content (AvgIpc) is 2.84. The summed E-state index contributed by atoms with van der Waals surface area (Å²) in [5, 5.41) is 6.82. The second-order valence-corrected chi connectivity index (χ2v) is 7.51. The first kappa shape index (κ1) is 25.3. The van der Waals surface area contributed by atoms with Gasteiger partial charge in [0, 0.05) is 11.3 Å². The fourth-order valence-corrected chi connectivity index (χ4v) is 3.18. The van der Waals surface area contributed by atoms with Gasteiger partial charge < -0.3 is 19.5 Å². The molecule has 3 rings (SSSR count). The van der Waals surface area contributed by atoms with E-state index in [0.717, 1.165) is 11.3 Å². The van der Waals surface area contributed by atoms with E-state index in [4.69, 9.17) is 14.2 Å². The van der Waals surface area contributed by atoms with Crippen molar-refractivity contribution in [1.82, 2.24) is 5.43 Å². The molecular weight excluding hydrogens is 446 g/mol. The van der Waals surface area contributed by atoms with Crippen LogP contribution in [0, 0.1) is 6.92 Å². The van der Waals surface area contributed by atoms with Crippen molar-refractivity contribution in [2.45, 2.75) is 20.8 Å². The molecule has 8 nitrogen and oxygen atoms in total. The number of hydrogen-bond donors (Lipinski definition) is 2.